The van der Waals surface area contributed by atoms with E-state index in [2.05, 4.69) is 21.0 Å². The average molecular weight is 321 g/mol. The summed E-state index contributed by atoms with van der Waals surface area (Å²) in [7, 11) is 0. The monoisotopic (exact) mass is 321 g/mol. The number of aliphatic hydroxyl groups excluding tert-OH is 1. The Morgan fingerprint density at radius 2 is 1.73 bits per heavy atom. The van der Waals surface area contributed by atoms with Crippen LogP contribution in [0.25, 0.3) is 0 Å². The first-order valence-electron chi connectivity index (χ1n) is 8.82. The highest BCUT2D eigenvalue weighted by Crippen LogP contribution is 2.60. The fourth-order valence-corrected chi connectivity index (χ4v) is 6.32. The molecule has 1 aromatic rings. The molecule has 4 aliphatic carbocycles. The maximum atomic E-state index is 9.07. The van der Waals surface area contributed by atoms with Crippen molar-refractivity contribution in [2.45, 2.75) is 68.5 Å². The van der Waals surface area contributed by atoms with Gasteiger partial charge in [-0.15, -0.1) is 10.2 Å². The van der Waals surface area contributed by atoms with Gasteiger partial charge >= 0.3 is 0 Å². The van der Waals surface area contributed by atoms with Gasteiger partial charge in [0.2, 0.25) is 0 Å². The molecule has 0 spiro atoms. The van der Waals surface area contributed by atoms with Crippen LogP contribution in [0.1, 0.15) is 57.2 Å². The Morgan fingerprint density at radius 1 is 1.09 bits per heavy atom. The summed E-state index contributed by atoms with van der Waals surface area (Å²) in [6.07, 6.45) is 12.4. The van der Waals surface area contributed by atoms with E-state index in [-0.39, 0.29) is 6.61 Å². The van der Waals surface area contributed by atoms with E-state index in [9.17, 15) is 0 Å². The van der Waals surface area contributed by atoms with Crippen molar-refractivity contribution in [3.63, 3.8) is 0 Å². The molecule has 1 aromatic heterocycles. The molecule has 1 N–H and O–H groups in total. The normalized spacial score (nSPS) is 36.2. The van der Waals surface area contributed by atoms with Crippen LogP contribution >= 0.6 is 11.8 Å². The van der Waals surface area contributed by atoms with E-state index < -0.39 is 0 Å². The first-order chi connectivity index (χ1) is 10.7. The third kappa shape index (κ3) is 2.41. The highest BCUT2D eigenvalue weighted by Gasteiger charge is 2.53. The van der Waals surface area contributed by atoms with Crippen molar-refractivity contribution < 1.29 is 5.11 Å². The van der Waals surface area contributed by atoms with Gasteiger partial charge in [0.05, 0.1) is 0 Å². The van der Waals surface area contributed by atoms with Crippen molar-refractivity contribution >= 4 is 11.8 Å². The molecule has 0 radical (unpaired) electrons. The zero-order chi connectivity index (χ0) is 15.2. The molecule has 0 unspecified atom stereocenters. The molecule has 4 fully saturated rings. The van der Waals surface area contributed by atoms with Gasteiger partial charge in [0.25, 0.3) is 0 Å². The number of rotatable bonds is 6. The minimum Gasteiger partial charge on any atom is -0.396 e. The molecule has 0 aliphatic heterocycles. The Hall–Kier alpha value is -0.550. The molecule has 22 heavy (non-hydrogen) atoms. The van der Waals surface area contributed by atoms with E-state index in [0.29, 0.717) is 5.41 Å². The molecule has 0 amide bonds. The summed E-state index contributed by atoms with van der Waals surface area (Å²) in [5, 5.41) is 19.3. The van der Waals surface area contributed by atoms with Crippen molar-refractivity contribution in [1.29, 1.82) is 0 Å². The number of hydrogen-bond acceptors (Lipinski definition) is 4. The van der Waals surface area contributed by atoms with Crippen LogP contribution in [0.15, 0.2) is 5.16 Å². The topological polar surface area (TPSA) is 50.9 Å². The van der Waals surface area contributed by atoms with Gasteiger partial charge in [0, 0.05) is 18.6 Å². The summed E-state index contributed by atoms with van der Waals surface area (Å²) < 4.78 is 2.38. The second kappa shape index (κ2) is 5.82. The lowest BCUT2D eigenvalue weighted by Gasteiger charge is -2.56. The molecule has 4 bridgehead atoms. The fourth-order valence-electron chi connectivity index (χ4n) is 5.80. The summed E-state index contributed by atoms with van der Waals surface area (Å²) in [4.78, 5) is 0. The molecule has 5 rings (SSSR count). The number of aromatic nitrogens is 3. The second-order valence-corrected chi connectivity index (χ2v) is 8.56. The summed E-state index contributed by atoms with van der Waals surface area (Å²) in [6, 6.07) is 0. The maximum absolute atomic E-state index is 9.07. The Kier molecular flexibility index (Phi) is 3.97. The van der Waals surface area contributed by atoms with E-state index >= 15 is 0 Å². The predicted octanol–water partition coefficient (Wildman–Crippen LogP) is 3.24. The Balaban J connectivity index is 1.65. The fraction of sp³-hybridized carbons (Fsp3) is 0.882. The minimum absolute atomic E-state index is 0.281. The van der Waals surface area contributed by atoms with Crippen LogP contribution in [0.4, 0.5) is 0 Å². The predicted molar refractivity (Wildman–Crippen MR) is 88.0 cm³/mol. The Labute approximate surface area is 137 Å². The van der Waals surface area contributed by atoms with Crippen LogP contribution in [0.2, 0.25) is 0 Å². The molecule has 122 valence electrons. The maximum Gasteiger partial charge on any atom is 0.190 e. The van der Waals surface area contributed by atoms with Crippen molar-refractivity contribution in [3.05, 3.63) is 5.82 Å². The molecule has 4 saturated carbocycles. The Bertz CT molecular complexity index is 507. The molecule has 4 aliphatic rings. The van der Waals surface area contributed by atoms with E-state index in [4.69, 9.17) is 5.11 Å². The molecule has 4 nitrogen and oxygen atoms in total. The highest BCUT2D eigenvalue weighted by molar-refractivity contribution is 7.98. The highest BCUT2D eigenvalue weighted by atomic mass is 32.2. The molecular weight excluding hydrogens is 294 g/mol. The molecule has 1 heterocycles. The van der Waals surface area contributed by atoms with Gasteiger partial charge in [0.1, 0.15) is 5.82 Å². The number of nitrogens with zero attached hydrogens (tertiary/aromatic N) is 3. The smallest absolute Gasteiger partial charge is 0.190 e. The quantitative estimate of drug-likeness (QED) is 0.645. The zero-order valence-electron chi connectivity index (χ0n) is 13.5. The van der Waals surface area contributed by atoms with E-state index in [1.165, 1.54) is 44.3 Å². The molecule has 5 heteroatoms. The van der Waals surface area contributed by atoms with E-state index in [0.717, 1.165) is 42.3 Å². The molecular formula is C17H27N3OS. The first-order valence-corrected chi connectivity index (χ1v) is 10.0. The summed E-state index contributed by atoms with van der Waals surface area (Å²) in [5.41, 5.74) is 0.314. The number of thioether (sulfide) groups is 1. The van der Waals surface area contributed by atoms with Crippen LogP contribution in [-0.2, 0) is 12.0 Å². The average Bonchev–Trinajstić information content (AvgIpc) is 2.90. The van der Waals surface area contributed by atoms with E-state index in [1.54, 1.807) is 11.8 Å². The standard InChI is InChI=1S/C17H27N3OS/c1-22-16-19-18-15(20(16)4-2-3-5-21)17-9-12-6-13(10-17)8-14(7-12)11-17/h12-14,21H,2-11H2,1H3. The number of hydrogen-bond donors (Lipinski definition) is 1. The van der Waals surface area contributed by atoms with Gasteiger partial charge in [-0.2, -0.15) is 0 Å². The van der Waals surface area contributed by atoms with Crippen LogP contribution in [0, 0.1) is 17.8 Å². The summed E-state index contributed by atoms with van der Waals surface area (Å²) in [6.45, 7) is 1.24. The van der Waals surface area contributed by atoms with Crippen molar-refractivity contribution in [2.75, 3.05) is 12.9 Å². The van der Waals surface area contributed by atoms with Crippen LogP contribution in [0.5, 0.6) is 0 Å². The lowest BCUT2D eigenvalue weighted by Crippen LogP contribution is -2.49. The zero-order valence-corrected chi connectivity index (χ0v) is 14.3. The molecule has 0 aromatic carbocycles. The van der Waals surface area contributed by atoms with Gasteiger partial charge in [-0.1, -0.05) is 11.8 Å². The first kappa shape index (κ1) is 15.0. The number of unbranched alkanes of at least 4 members (excludes halogenated alkanes) is 1. The second-order valence-electron chi connectivity index (χ2n) is 7.79. The SMILES string of the molecule is CSc1nnc(C23CC4CC(CC(C4)C2)C3)n1CCCCO. The minimum atomic E-state index is 0.281. The van der Waals surface area contributed by atoms with Crippen LogP contribution in [0.3, 0.4) is 0 Å². The van der Waals surface area contributed by atoms with Crippen molar-refractivity contribution in [2.24, 2.45) is 17.8 Å². The largest absolute Gasteiger partial charge is 0.396 e. The van der Waals surface area contributed by atoms with Gasteiger partial charge in [-0.05, 0) is 75.4 Å². The third-order valence-electron chi connectivity index (χ3n) is 6.20. The Morgan fingerprint density at radius 3 is 2.27 bits per heavy atom. The summed E-state index contributed by atoms with van der Waals surface area (Å²) >= 11 is 1.71. The molecule has 0 saturated heterocycles. The van der Waals surface area contributed by atoms with Crippen molar-refractivity contribution in [3.8, 4) is 0 Å². The van der Waals surface area contributed by atoms with Gasteiger partial charge < -0.3 is 9.67 Å². The lowest BCUT2D eigenvalue weighted by atomic mass is 9.49. The molecule has 0 atom stereocenters. The van der Waals surface area contributed by atoms with Crippen LogP contribution in [-0.4, -0.2) is 32.7 Å². The summed E-state index contributed by atoms with van der Waals surface area (Å²) in [5.74, 6) is 4.08. The lowest BCUT2D eigenvalue weighted by molar-refractivity contribution is -0.0114. The van der Waals surface area contributed by atoms with Crippen molar-refractivity contribution in [1.82, 2.24) is 14.8 Å². The van der Waals surface area contributed by atoms with Gasteiger partial charge in [-0.25, -0.2) is 0 Å². The van der Waals surface area contributed by atoms with Crippen LogP contribution < -0.4 is 0 Å². The third-order valence-corrected chi connectivity index (χ3v) is 6.87. The van der Waals surface area contributed by atoms with Gasteiger partial charge in [-0.3, -0.25) is 0 Å². The van der Waals surface area contributed by atoms with Gasteiger partial charge in [0.15, 0.2) is 5.16 Å². The van der Waals surface area contributed by atoms with E-state index in [1.807, 2.05) is 0 Å². The number of aliphatic hydroxyl groups is 1.